The molecule has 0 aromatic heterocycles. The molecule has 0 radical (unpaired) electrons. The van der Waals surface area contributed by atoms with Crippen LogP contribution in [0.15, 0.2) is 23.1 Å². The molecule has 0 saturated carbocycles. The summed E-state index contributed by atoms with van der Waals surface area (Å²) >= 11 is 6.00. The summed E-state index contributed by atoms with van der Waals surface area (Å²) in [5.41, 5.74) is 0. The zero-order chi connectivity index (χ0) is 18.2. The van der Waals surface area contributed by atoms with Crippen molar-refractivity contribution in [2.24, 2.45) is 0 Å². The maximum atomic E-state index is 12.8. The molecular formula is C14H16ClN3O6S. The molecule has 9 nitrogen and oxygen atoms in total. The number of fused-ring (bicyclic) bond motifs is 1. The number of halogens is 1. The minimum atomic E-state index is -3.78. The van der Waals surface area contributed by atoms with E-state index in [1.54, 1.807) is 4.90 Å². The molecule has 1 aromatic rings. The van der Waals surface area contributed by atoms with E-state index in [1.807, 2.05) is 0 Å². The maximum Gasteiger partial charge on any atom is 0.341 e. The number of rotatable bonds is 5. The number of benzene rings is 1. The molecule has 2 aliphatic rings. The third-order valence-electron chi connectivity index (χ3n) is 4.09. The highest BCUT2D eigenvalue weighted by atomic mass is 35.5. The number of nitrogens with one attached hydrogen (secondary N) is 1. The summed E-state index contributed by atoms with van der Waals surface area (Å²) in [6.45, 7) is 0.560. The quantitative estimate of drug-likeness (QED) is 0.743. The van der Waals surface area contributed by atoms with Crippen LogP contribution in [-0.2, 0) is 14.8 Å². The number of carbonyl (C=O) groups is 2. The van der Waals surface area contributed by atoms with Crippen molar-refractivity contribution in [1.82, 2.24) is 14.5 Å². The number of carboxylic acids is 1. The molecule has 2 aliphatic heterocycles. The van der Waals surface area contributed by atoms with Crippen molar-refractivity contribution < 1.29 is 27.9 Å². The molecule has 1 unspecified atom stereocenters. The summed E-state index contributed by atoms with van der Waals surface area (Å²) < 4.78 is 31.9. The van der Waals surface area contributed by atoms with E-state index in [-0.39, 0.29) is 40.8 Å². The van der Waals surface area contributed by atoms with Crippen LogP contribution < -0.4 is 10.1 Å². The van der Waals surface area contributed by atoms with Crippen LogP contribution in [0.4, 0.5) is 4.79 Å². The van der Waals surface area contributed by atoms with Gasteiger partial charge in [0.05, 0.1) is 16.0 Å². The van der Waals surface area contributed by atoms with E-state index in [1.165, 1.54) is 22.5 Å². The van der Waals surface area contributed by atoms with Gasteiger partial charge in [0, 0.05) is 26.2 Å². The lowest BCUT2D eigenvalue weighted by Crippen LogP contribution is -2.53. The van der Waals surface area contributed by atoms with Crippen LogP contribution in [0.1, 0.15) is 0 Å². The number of hydrogen-bond acceptors (Lipinski definition) is 5. The third-order valence-corrected chi connectivity index (χ3v) is 6.24. The monoisotopic (exact) mass is 389 g/mol. The summed E-state index contributed by atoms with van der Waals surface area (Å²) in [5.74, 6) is -1.07. The number of amides is 2. The van der Waals surface area contributed by atoms with Gasteiger partial charge in [0.1, 0.15) is 5.75 Å². The smallest absolute Gasteiger partial charge is 0.341 e. The molecule has 2 N–H and O–H groups in total. The second-order valence-corrected chi connectivity index (χ2v) is 8.02. The summed E-state index contributed by atoms with van der Waals surface area (Å²) in [5, 5.41) is 11.3. The fraction of sp³-hybridized carbons (Fsp3) is 0.429. The predicted octanol–water partition coefficient (Wildman–Crippen LogP) is 0.202. The van der Waals surface area contributed by atoms with E-state index < -0.39 is 22.6 Å². The fourth-order valence-corrected chi connectivity index (χ4v) is 4.64. The first-order valence-corrected chi connectivity index (χ1v) is 9.29. The van der Waals surface area contributed by atoms with Crippen molar-refractivity contribution in [3.63, 3.8) is 0 Å². The second-order valence-electron chi connectivity index (χ2n) is 5.67. The van der Waals surface area contributed by atoms with E-state index >= 15 is 0 Å². The van der Waals surface area contributed by atoms with E-state index in [0.29, 0.717) is 13.1 Å². The Labute approximate surface area is 149 Å². The molecule has 25 heavy (non-hydrogen) atoms. The van der Waals surface area contributed by atoms with Gasteiger partial charge in [-0.05, 0) is 18.2 Å². The largest absolute Gasteiger partial charge is 0.480 e. The average Bonchev–Trinajstić information content (AvgIpc) is 2.94. The Morgan fingerprint density at radius 2 is 2.16 bits per heavy atom. The van der Waals surface area contributed by atoms with Gasteiger partial charge in [-0.1, -0.05) is 11.6 Å². The third kappa shape index (κ3) is 3.51. The lowest BCUT2D eigenvalue weighted by Gasteiger charge is -2.35. The molecule has 1 atom stereocenters. The Bertz CT molecular complexity index is 815. The number of ether oxygens (including phenoxy) is 1. The predicted molar refractivity (Wildman–Crippen MR) is 87.2 cm³/mol. The Morgan fingerprint density at radius 3 is 2.84 bits per heavy atom. The summed E-state index contributed by atoms with van der Waals surface area (Å²) in [7, 11) is -3.78. The number of hydrogen-bond donors (Lipinski definition) is 2. The highest BCUT2D eigenvalue weighted by molar-refractivity contribution is 7.89. The first-order valence-electron chi connectivity index (χ1n) is 7.48. The van der Waals surface area contributed by atoms with Gasteiger partial charge in [0.15, 0.2) is 6.61 Å². The van der Waals surface area contributed by atoms with Crippen LogP contribution in [0.5, 0.6) is 5.75 Å². The number of aliphatic carboxylic acids is 1. The standard InChI is InChI=1S/C14H16ClN3O6S/c15-11-5-10(1-2-12(11)24-8-13(19)20)25(22,23)17-3-4-18-9(7-17)6-16-14(18)21/h1-2,5,9H,3-4,6-8H2,(H,16,21)(H,19,20). The normalized spacial score (nSPS) is 20.9. The average molecular weight is 390 g/mol. The summed E-state index contributed by atoms with van der Waals surface area (Å²) in [6.07, 6.45) is 0. The van der Waals surface area contributed by atoms with Gasteiger partial charge in [-0.15, -0.1) is 0 Å². The molecule has 0 bridgehead atoms. The van der Waals surface area contributed by atoms with Crippen molar-refractivity contribution in [2.45, 2.75) is 10.9 Å². The van der Waals surface area contributed by atoms with E-state index in [4.69, 9.17) is 21.4 Å². The second kappa shape index (κ2) is 6.70. The zero-order valence-corrected chi connectivity index (χ0v) is 14.6. The van der Waals surface area contributed by atoms with Crippen molar-refractivity contribution in [3.05, 3.63) is 23.2 Å². The molecule has 0 aliphatic carbocycles. The van der Waals surface area contributed by atoms with Gasteiger partial charge in [0.2, 0.25) is 10.0 Å². The lowest BCUT2D eigenvalue weighted by atomic mass is 10.2. The van der Waals surface area contributed by atoms with Gasteiger partial charge in [-0.25, -0.2) is 18.0 Å². The molecule has 1 aromatic carbocycles. The lowest BCUT2D eigenvalue weighted by molar-refractivity contribution is -0.139. The van der Waals surface area contributed by atoms with Crippen molar-refractivity contribution in [2.75, 3.05) is 32.8 Å². The highest BCUT2D eigenvalue weighted by Crippen LogP contribution is 2.29. The molecule has 2 amide bonds. The Morgan fingerprint density at radius 1 is 1.40 bits per heavy atom. The number of carboxylic acid groups (broad SMARTS) is 1. The number of carbonyl (C=O) groups excluding carboxylic acids is 1. The summed E-state index contributed by atoms with van der Waals surface area (Å²) in [4.78, 5) is 23.7. The van der Waals surface area contributed by atoms with Gasteiger partial charge in [-0.3, -0.25) is 0 Å². The van der Waals surface area contributed by atoms with Gasteiger partial charge in [-0.2, -0.15) is 4.31 Å². The first-order chi connectivity index (χ1) is 11.8. The summed E-state index contributed by atoms with van der Waals surface area (Å²) in [6, 6.07) is 3.52. The molecule has 3 rings (SSSR count). The van der Waals surface area contributed by atoms with Gasteiger partial charge < -0.3 is 20.1 Å². The van der Waals surface area contributed by atoms with Gasteiger partial charge in [0.25, 0.3) is 0 Å². The van der Waals surface area contributed by atoms with Crippen molar-refractivity contribution >= 4 is 33.6 Å². The number of piperazine rings is 1. The van der Waals surface area contributed by atoms with Crippen LogP contribution in [-0.4, -0.2) is 73.6 Å². The Kier molecular flexibility index (Phi) is 4.76. The molecule has 136 valence electrons. The van der Waals surface area contributed by atoms with Crippen LogP contribution in [0.3, 0.4) is 0 Å². The SMILES string of the molecule is O=C(O)COc1ccc(S(=O)(=O)N2CCN3C(=O)NCC3C2)cc1Cl. The molecular weight excluding hydrogens is 374 g/mol. The minimum absolute atomic E-state index is 0.00842. The first kappa shape index (κ1) is 17.8. The number of nitrogens with zero attached hydrogens (tertiary/aromatic N) is 2. The van der Waals surface area contributed by atoms with Crippen molar-refractivity contribution in [3.8, 4) is 5.75 Å². The molecule has 0 spiro atoms. The zero-order valence-electron chi connectivity index (χ0n) is 13.0. The molecule has 2 saturated heterocycles. The minimum Gasteiger partial charge on any atom is -0.480 e. The molecule has 2 fully saturated rings. The van der Waals surface area contributed by atoms with Crippen LogP contribution in [0.2, 0.25) is 5.02 Å². The number of urea groups is 1. The number of sulfonamides is 1. The van der Waals surface area contributed by atoms with Crippen molar-refractivity contribution in [1.29, 1.82) is 0 Å². The fourth-order valence-electron chi connectivity index (χ4n) is 2.84. The van der Waals surface area contributed by atoms with Crippen LogP contribution >= 0.6 is 11.6 Å². The highest BCUT2D eigenvalue weighted by Gasteiger charge is 2.39. The van der Waals surface area contributed by atoms with Gasteiger partial charge >= 0.3 is 12.0 Å². The Balaban J connectivity index is 1.77. The van der Waals surface area contributed by atoms with E-state index in [0.717, 1.165) is 0 Å². The maximum absolute atomic E-state index is 12.8. The van der Waals surface area contributed by atoms with Crippen LogP contribution in [0.25, 0.3) is 0 Å². The molecule has 2 heterocycles. The molecule has 11 heteroatoms. The Hall–Kier alpha value is -2.04. The van der Waals surface area contributed by atoms with E-state index in [2.05, 4.69) is 5.32 Å². The van der Waals surface area contributed by atoms with Crippen LogP contribution in [0, 0.1) is 0 Å². The van der Waals surface area contributed by atoms with E-state index in [9.17, 15) is 18.0 Å². The topological polar surface area (TPSA) is 116 Å².